The van der Waals surface area contributed by atoms with E-state index in [-0.39, 0.29) is 12.0 Å². The van der Waals surface area contributed by atoms with Gasteiger partial charge in [-0.2, -0.15) is 13.2 Å². The van der Waals surface area contributed by atoms with Gasteiger partial charge in [0.2, 0.25) is 5.91 Å². The number of carbonyl (C=O) groups is 5. The summed E-state index contributed by atoms with van der Waals surface area (Å²) < 4.78 is 31.7. The van der Waals surface area contributed by atoms with E-state index in [1.54, 1.807) is 0 Å². The average Bonchev–Trinajstić information content (AvgIpc) is 3.08. The molecule has 1 aliphatic heterocycles. The fourth-order valence-electron chi connectivity index (χ4n) is 2.38. The highest BCUT2D eigenvalue weighted by atomic mass is 19.4. The zero-order valence-corrected chi connectivity index (χ0v) is 16.7. The third-order valence-electron chi connectivity index (χ3n) is 4.01. The van der Waals surface area contributed by atoms with Gasteiger partial charge < -0.3 is 10.8 Å². The number of alkyl halides is 3. The van der Waals surface area contributed by atoms with Crippen LogP contribution in [0.1, 0.15) is 36.0 Å². The molecule has 1 aromatic rings. The van der Waals surface area contributed by atoms with Gasteiger partial charge in [-0.25, -0.2) is 20.5 Å². The molecule has 13 heteroatoms. The first-order chi connectivity index (χ1) is 14.9. The molecular weight excluding hydrogens is 437 g/mol. The number of nitrogens with zero attached hydrogens (tertiary/aromatic N) is 2. The molecule has 4 amide bonds. The van der Waals surface area contributed by atoms with Crippen molar-refractivity contribution in [1.29, 1.82) is 0 Å². The molecule has 174 valence electrons. The van der Waals surface area contributed by atoms with E-state index in [4.69, 9.17) is 21.5 Å². The Labute approximate surface area is 180 Å². The largest absolute Gasteiger partial charge is 0.490 e. The van der Waals surface area contributed by atoms with Gasteiger partial charge in [0.25, 0.3) is 17.7 Å². The van der Waals surface area contributed by atoms with Crippen molar-refractivity contribution in [2.24, 2.45) is 11.6 Å². The first-order valence-corrected chi connectivity index (χ1v) is 9.18. The lowest BCUT2D eigenvalue weighted by Gasteiger charge is -2.16. The molecule has 2 rings (SSSR count). The molecule has 32 heavy (non-hydrogen) atoms. The van der Waals surface area contributed by atoms with Crippen molar-refractivity contribution < 1.29 is 42.3 Å². The van der Waals surface area contributed by atoms with Crippen molar-refractivity contribution in [3.8, 4) is 0 Å². The smallest absolute Gasteiger partial charge is 0.475 e. The van der Waals surface area contributed by atoms with Gasteiger partial charge in [-0.15, -0.1) is 0 Å². The molecule has 1 heterocycles. The first-order valence-electron chi connectivity index (χ1n) is 9.18. The van der Waals surface area contributed by atoms with Crippen molar-refractivity contribution in [3.05, 3.63) is 42.0 Å². The van der Waals surface area contributed by atoms with E-state index >= 15 is 0 Å². The van der Waals surface area contributed by atoms with Crippen LogP contribution in [0.25, 0.3) is 0 Å². The van der Waals surface area contributed by atoms with Gasteiger partial charge in [0.05, 0.1) is 5.69 Å². The summed E-state index contributed by atoms with van der Waals surface area (Å²) in [7, 11) is 0. The zero-order chi connectivity index (χ0) is 24.5. The molecule has 1 aliphatic rings. The second-order valence-electron chi connectivity index (χ2n) is 6.36. The van der Waals surface area contributed by atoms with Gasteiger partial charge in [-0.05, 0) is 43.7 Å². The molecule has 0 fully saturated rings. The fraction of sp³-hybridized carbons (Fsp3) is 0.316. The van der Waals surface area contributed by atoms with E-state index in [2.05, 4.69) is 0 Å². The summed E-state index contributed by atoms with van der Waals surface area (Å²) in [5.74, 6) is 0.824. The maximum atomic E-state index is 12.2. The van der Waals surface area contributed by atoms with Crippen LogP contribution in [-0.4, -0.2) is 52.4 Å². The van der Waals surface area contributed by atoms with E-state index in [0.717, 1.165) is 17.7 Å². The molecule has 10 nitrogen and oxygen atoms in total. The van der Waals surface area contributed by atoms with Crippen LogP contribution in [0.2, 0.25) is 0 Å². The van der Waals surface area contributed by atoms with Gasteiger partial charge >= 0.3 is 12.1 Å². The molecule has 0 aliphatic carbocycles. The number of imide groups is 2. The standard InChI is InChI=1S/C17H20N4O4.C2HF3O2/c18-11-3-1-2-4-16(24)21(19)17(25)12-5-7-13(8-6-12)20-14(22)9-10-15(20)23;3-2(4,5)1(6)7/h5-10H,1-4,11,18-19H2;(H,6,7). The summed E-state index contributed by atoms with van der Waals surface area (Å²) in [6.45, 7) is 0.559. The number of hydrogen-bond donors (Lipinski definition) is 3. The second kappa shape index (κ2) is 11.7. The van der Waals surface area contributed by atoms with E-state index in [1.807, 2.05) is 0 Å². The fourth-order valence-corrected chi connectivity index (χ4v) is 2.38. The average molecular weight is 458 g/mol. The number of carboxylic acids is 1. The number of anilines is 1. The number of halogens is 3. The lowest BCUT2D eigenvalue weighted by atomic mass is 10.1. The maximum absolute atomic E-state index is 12.2. The molecule has 0 aromatic heterocycles. The minimum absolute atomic E-state index is 0.169. The Balaban J connectivity index is 0.000000633. The van der Waals surface area contributed by atoms with Gasteiger partial charge in [0.15, 0.2) is 0 Å². The number of unbranched alkanes of at least 4 members (excludes halogenated alkanes) is 2. The molecular formula is C19H21F3N4O6. The molecule has 0 saturated carbocycles. The number of amides is 4. The Kier molecular flexibility index (Phi) is 9.69. The Hall–Kier alpha value is -3.58. The number of aliphatic carboxylic acids is 1. The third kappa shape index (κ3) is 7.59. The Bertz CT molecular complexity index is 881. The molecule has 1 aromatic carbocycles. The SMILES string of the molecule is NCCCCCC(=O)N(N)C(=O)c1ccc(N2C(=O)C=CC2=O)cc1.O=C(O)C(F)(F)F. The summed E-state index contributed by atoms with van der Waals surface area (Å²) in [4.78, 5) is 57.3. The molecule has 0 radical (unpaired) electrons. The summed E-state index contributed by atoms with van der Waals surface area (Å²) in [5, 5.41) is 7.71. The lowest BCUT2D eigenvalue weighted by molar-refractivity contribution is -0.192. The van der Waals surface area contributed by atoms with Crippen LogP contribution in [-0.2, 0) is 19.2 Å². The predicted octanol–water partition coefficient (Wildman–Crippen LogP) is 1.11. The van der Waals surface area contributed by atoms with Crippen LogP contribution in [0, 0.1) is 0 Å². The molecule has 0 spiro atoms. The van der Waals surface area contributed by atoms with Crippen molar-refractivity contribution in [2.45, 2.75) is 31.9 Å². The Morgan fingerprint density at radius 2 is 1.47 bits per heavy atom. The van der Waals surface area contributed by atoms with Crippen molar-refractivity contribution in [3.63, 3.8) is 0 Å². The normalized spacial score (nSPS) is 13.0. The van der Waals surface area contributed by atoms with Crippen LogP contribution in [0.3, 0.4) is 0 Å². The van der Waals surface area contributed by atoms with Crippen LogP contribution in [0.5, 0.6) is 0 Å². The third-order valence-corrected chi connectivity index (χ3v) is 4.01. The molecule has 0 saturated heterocycles. The van der Waals surface area contributed by atoms with Crippen LogP contribution >= 0.6 is 0 Å². The minimum atomic E-state index is -5.08. The number of carbonyl (C=O) groups excluding carboxylic acids is 4. The quantitative estimate of drug-likeness (QED) is 0.180. The van der Waals surface area contributed by atoms with Gasteiger partial charge in [-0.1, -0.05) is 6.42 Å². The Morgan fingerprint density at radius 3 is 1.91 bits per heavy atom. The van der Waals surface area contributed by atoms with Crippen LogP contribution in [0.4, 0.5) is 18.9 Å². The first kappa shape index (κ1) is 26.5. The summed E-state index contributed by atoms with van der Waals surface area (Å²) in [6.07, 6.45) is -0.343. The van der Waals surface area contributed by atoms with Crippen LogP contribution < -0.4 is 16.5 Å². The van der Waals surface area contributed by atoms with E-state index in [9.17, 15) is 32.3 Å². The highest BCUT2D eigenvalue weighted by Crippen LogP contribution is 2.20. The number of hydrogen-bond acceptors (Lipinski definition) is 7. The number of rotatable bonds is 7. The number of benzene rings is 1. The molecule has 0 atom stereocenters. The number of nitrogens with two attached hydrogens (primary N) is 2. The zero-order valence-electron chi connectivity index (χ0n) is 16.7. The van der Waals surface area contributed by atoms with Gasteiger partial charge in [0.1, 0.15) is 0 Å². The molecule has 5 N–H and O–H groups in total. The number of hydrazine groups is 1. The highest BCUT2D eigenvalue weighted by Gasteiger charge is 2.38. The van der Waals surface area contributed by atoms with Crippen LogP contribution in [0.15, 0.2) is 36.4 Å². The van der Waals surface area contributed by atoms with E-state index in [1.165, 1.54) is 36.4 Å². The summed E-state index contributed by atoms with van der Waals surface area (Å²) in [5.41, 5.74) is 5.91. The van der Waals surface area contributed by atoms with Gasteiger partial charge in [0, 0.05) is 24.1 Å². The van der Waals surface area contributed by atoms with Crippen molar-refractivity contribution in [2.75, 3.05) is 11.4 Å². The van der Waals surface area contributed by atoms with Crippen molar-refractivity contribution in [1.82, 2.24) is 5.01 Å². The topological polar surface area (TPSA) is 164 Å². The second-order valence-corrected chi connectivity index (χ2v) is 6.36. The monoisotopic (exact) mass is 458 g/mol. The van der Waals surface area contributed by atoms with Gasteiger partial charge in [-0.3, -0.25) is 19.2 Å². The minimum Gasteiger partial charge on any atom is -0.475 e. The van der Waals surface area contributed by atoms with E-state index < -0.39 is 35.8 Å². The van der Waals surface area contributed by atoms with Crippen molar-refractivity contribution >= 4 is 35.3 Å². The Morgan fingerprint density at radius 1 is 0.969 bits per heavy atom. The lowest BCUT2D eigenvalue weighted by Crippen LogP contribution is -2.42. The molecule has 0 bridgehead atoms. The molecule has 0 unspecified atom stereocenters. The summed E-state index contributed by atoms with van der Waals surface area (Å²) in [6, 6.07) is 5.74. The summed E-state index contributed by atoms with van der Waals surface area (Å²) >= 11 is 0. The maximum Gasteiger partial charge on any atom is 0.490 e. The highest BCUT2D eigenvalue weighted by molar-refractivity contribution is 6.28. The predicted molar refractivity (Wildman–Crippen MR) is 105 cm³/mol. The number of carboxylic acid groups (broad SMARTS) is 1. The van der Waals surface area contributed by atoms with E-state index in [0.29, 0.717) is 23.7 Å².